The molecule has 0 spiro atoms. The highest BCUT2D eigenvalue weighted by Crippen LogP contribution is 2.19. The molecular weight excluding hydrogens is 251 g/mol. The highest BCUT2D eigenvalue weighted by atomic mass is 35.5. The number of carbonyl (C=O) groups excluding carboxylic acids is 1. The van der Waals surface area contributed by atoms with Gasteiger partial charge < -0.3 is 5.32 Å². The molecular formula is C10H10ClFN2O3. The average Bonchev–Trinajstić information content (AvgIpc) is 2.29. The van der Waals surface area contributed by atoms with E-state index in [1.165, 1.54) is 0 Å². The maximum Gasteiger partial charge on any atom is 0.285 e. The van der Waals surface area contributed by atoms with Crippen molar-refractivity contribution in [2.45, 2.75) is 6.42 Å². The predicted octanol–water partition coefficient (Wildman–Crippen LogP) is 2.09. The summed E-state index contributed by atoms with van der Waals surface area (Å²) < 4.78 is 12.8. The number of carbonyl (C=O) groups is 1. The molecule has 0 saturated carbocycles. The van der Waals surface area contributed by atoms with Crippen LogP contribution in [0.3, 0.4) is 0 Å². The molecule has 0 unspecified atom stereocenters. The number of hydrogen-bond donors (Lipinski definition) is 1. The summed E-state index contributed by atoms with van der Waals surface area (Å²) in [6, 6.07) is 2.81. The highest BCUT2D eigenvalue weighted by Gasteiger charge is 2.20. The van der Waals surface area contributed by atoms with E-state index in [-0.39, 0.29) is 5.56 Å². The van der Waals surface area contributed by atoms with Gasteiger partial charge in [0.15, 0.2) is 0 Å². The zero-order valence-corrected chi connectivity index (χ0v) is 9.54. The third-order valence-electron chi connectivity index (χ3n) is 2.00. The van der Waals surface area contributed by atoms with Crippen molar-refractivity contribution in [3.63, 3.8) is 0 Å². The van der Waals surface area contributed by atoms with Gasteiger partial charge in [0.05, 0.1) is 11.0 Å². The van der Waals surface area contributed by atoms with Crippen molar-refractivity contribution in [3.05, 3.63) is 39.7 Å². The number of alkyl halides is 1. The molecule has 92 valence electrons. The molecule has 0 atom stereocenters. The number of benzene rings is 1. The number of amides is 1. The lowest BCUT2D eigenvalue weighted by Crippen LogP contribution is -2.25. The van der Waals surface area contributed by atoms with Crippen LogP contribution < -0.4 is 5.32 Å². The summed E-state index contributed by atoms with van der Waals surface area (Å²) >= 11 is 5.42. The van der Waals surface area contributed by atoms with Crippen LogP contribution in [-0.2, 0) is 0 Å². The van der Waals surface area contributed by atoms with Gasteiger partial charge >= 0.3 is 0 Å². The lowest BCUT2D eigenvalue weighted by atomic mass is 10.1. The molecule has 0 aliphatic rings. The smallest absolute Gasteiger partial charge is 0.285 e. The van der Waals surface area contributed by atoms with Crippen LogP contribution in [0.1, 0.15) is 16.8 Å². The Morgan fingerprint density at radius 3 is 2.82 bits per heavy atom. The van der Waals surface area contributed by atoms with Gasteiger partial charge in [0.2, 0.25) is 0 Å². The van der Waals surface area contributed by atoms with Crippen molar-refractivity contribution in [2.75, 3.05) is 12.4 Å². The number of rotatable bonds is 5. The molecule has 17 heavy (non-hydrogen) atoms. The predicted molar refractivity (Wildman–Crippen MR) is 60.7 cm³/mol. The van der Waals surface area contributed by atoms with Gasteiger partial charge in [-0.3, -0.25) is 14.9 Å². The summed E-state index contributed by atoms with van der Waals surface area (Å²) in [5.74, 6) is -0.984. The maximum absolute atomic E-state index is 12.8. The zero-order valence-electron chi connectivity index (χ0n) is 8.78. The second-order valence-electron chi connectivity index (χ2n) is 3.22. The Labute approximate surface area is 102 Å². The maximum atomic E-state index is 12.8. The first-order valence-electron chi connectivity index (χ1n) is 4.84. The third kappa shape index (κ3) is 3.67. The van der Waals surface area contributed by atoms with Gasteiger partial charge in [0, 0.05) is 12.4 Å². The normalized spacial score (nSPS) is 10.0. The molecule has 1 aromatic rings. The van der Waals surface area contributed by atoms with Crippen LogP contribution in [0.4, 0.5) is 10.1 Å². The van der Waals surface area contributed by atoms with Crippen molar-refractivity contribution in [3.8, 4) is 0 Å². The number of nitrogens with zero attached hydrogens (tertiary/aromatic N) is 1. The van der Waals surface area contributed by atoms with Crippen molar-refractivity contribution in [1.29, 1.82) is 0 Å². The second-order valence-corrected chi connectivity index (χ2v) is 3.59. The van der Waals surface area contributed by atoms with E-state index < -0.39 is 22.3 Å². The zero-order chi connectivity index (χ0) is 12.8. The van der Waals surface area contributed by atoms with Gasteiger partial charge in [-0.15, -0.1) is 11.6 Å². The van der Waals surface area contributed by atoms with Crippen LogP contribution in [0.25, 0.3) is 0 Å². The monoisotopic (exact) mass is 260 g/mol. The van der Waals surface area contributed by atoms with E-state index >= 15 is 0 Å². The standard InChI is InChI=1S/C10H10ClFN2O3/c11-4-1-5-13-10(15)8-3-2-7(12)6-9(8)14(16)17/h2-3,6H,1,4-5H2,(H,13,15). The van der Waals surface area contributed by atoms with Gasteiger partial charge in [-0.2, -0.15) is 0 Å². The van der Waals surface area contributed by atoms with E-state index in [0.29, 0.717) is 18.8 Å². The Morgan fingerprint density at radius 1 is 1.53 bits per heavy atom. The molecule has 0 radical (unpaired) electrons. The molecule has 5 nitrogen and oxygen atoms in total. The molecule has 0 fully saturated rings. The summed E-state index contributed by atoms with van der Waals surface area (Å²) in [6.07, 6.45) is 0.558. The SMILES string of the molecule is O=C(NCCCCl)c1ccc(F)cc1[N+](=O)[O-]. The summed E-state index contributed by atoms with van der Waals surface area (Å²) in [6.45, 7) is 0.316. The Balaban J connectivity index is 2.89. The minimum absolute atomic E-state index is 0.161. The summed E-state index contributed by atoms with van der Waals surface area (Å²) in [7, 11) is 0. The quantitative estimate of drug-likeness (QED) is 0.381. The van der Waals surface area contributed by atoms with Gasteiger partial charge in [0.25, 0.3) is 11.6 Å². The minimum atomic E-state index is -0.792. The second kappa shape index (κ2) is 6.15. The van der Waals surface area contributed by atoms with Crippen LogP contribution >= 0.6 is 11.6 Å². The van der Waals surface area contributed by atoms with Crippen molar-refractivity contribution in [1.82, 2.24) is 5.32 Å². The summed E-state index contributed by atoms with van der Waals surface area (Å²) in [4.78, 5) is 21.4. The fourth-order valence-electron chi connectivity index (χ4n) is 1.21. The average molecular weight is 261 g/mol. The fraction of sp³-hybridized carbons (Fsp3) is 0.300. The van der Waals surface area contributed by atoms with Gasteiger partial charge in [0.1, 0.15) is 11.4 Å². The van der Waals surface area contributed by atoms with Crippen LogP contribution in [0.5, 0.6) is 0 Å². The fourth-order valence-corrected chi connectivity index (χ4v) is 1.35. The van der Waals surface area contributed by atoms with Crippen LogP contribution in [0, 0.1) is 15.9 Å². The summed E-state index contributed by atoms with van der Waals surface area (Å²) in [5.41, 5.74) is -0.709. The van der Waals surface area contributed by atoms with Crippen LogP contribution in [0.2, 0.25) is 0 Å². The summed E-state index contributed by atoms with van der Waals surface area (Å²) in [5, 5.41) is 13.1. The molecule has 1 N–H and O–H groups in total. The Hall–Kier alpha value is -1.69. The lowest BCUT2D eigenvalue weighted by molar-refractivity contribution is -0.385. The van der Waals surface area contributed by atoms with Crippen molar-refractivity contribution in [2.24, 2.45) is 0 Å². The van der Waals surface area contributed by atoms with Crippen LogP contribution in [0.15, 0.2) is 18.2 Å². The number of nitrogens with one attached hydrogen (secondary N) is 1. The first-order valence-corrected chi connectivity index (χ1v) is 5.38. The van der Waals surface area contributed by atoms with Crippen molar-refractivity contribution >= 4 is 23.2 Å². The molecule has 0 aromatic heterocycles. The molecule has 0 aliphatic heterocycles. The molecule has 0 aliphatic carbocycles. The molecule has 0 saturated heterocycles. The van der Waals surface area contributed by atoms with E-state index in [0.717, 1.165) is 18.2 Å². The lowest BCUT2D eigenvalue weighted by Gasteiger charge is -2.04. The largest absolute Gasteiger partial charge is 0.352 e. The molecule has 1 aromatic carbocycles. The minimum Gasteiger partial charge on any atom is -0.352 e. The first-order chi connectivity index (χ1) is 8.06. The Kier molecular flexibility index (Phi) is 4.84. The van der Waals surface area contributed by atoms with E-state index in [9.17, 15) is 19.3 Å². The Bertz CT molecular complexity index is 440. The topological polar surface area (TPSA) is 72.2 Å². The number of nitro benzene ring substituents is 1. The molecule has 7 heteroatoms. The van der Waals surface area contributed by atoms with E-state index in [1.54, 1.807) is 0 Å². The van der Waals surface area contributed by atoms with E-state index in [2.05, 4.69) is 5.32 Å². The van der Waals surface area contributed by atoms with Crippen molar-refractivity contribution < 1.29 is 14.1 Å². The number of halogens is 2. The molecule has 0 bridgehead atoms. The van der Waals surface area contributed by atoms with Gasteiger partial charge in [-0.05, 0) is 18.6 Å². The Morgan fingerprint density at radius 2 is 2.24 bits per heavy atom. The first kappa shape index (κ1) is 13.4. The number of nitro groups is 1. The molecule has 0 heterocycles. The third-order valence-corrected chi connectivity index (χ3v) is 2.26. The van der Waals surface area contributed by atoms with Gasteiger partial charge in [-0.1, -0.05) is 0 Å². The molecule has 1 amide bonds. The molecule has 1 rings (SSSR count). The van der Waals surface area contributed by atoms with Gasteiger partial charge in [-0.25, -0.2) is 4.39 Å². The highest BCUT2D eigenvalue weighted by molar-refractivity contribution is 6.17. The number of hydrogen-bond acceptors (Lipinski definition) is 3. The van der Waals surface area contributed by atoms with Crippen LogP contribution in [-0.4, -0.2) is 23.3 Å². The van der Waals surface area contributed by atoms with E-state index in [1.807, 2.05) is 0 Å². The van der Waals surface area contributed by atoms with E-state index in [4.69, 9.17) is 11.6 Å².